The van der Waals surface area contributed by atoms with Gasteiger partial charge in [0.15, 0.2) is 5.82 Å². The Bertz CT molecular complexity index is 847. The highest BCUT2D eigenvalue weighted by atomic mass is 16.5. The van der Waals surface area contributed by atoms with Crippen molar-refractivity contribution >= 4 is 5.91 Å². The molecule has 1 aromatic carbocycles. The lowest BCUT2D eigenvalue weighted by atomic mass is 9.95. The van der Waals surface area contributed by atoms with Crippen LogP contribution in [0.3, 0.4) is 0 Å². The normalized spacial score (nSPS) is 22.5. The summed E-state index contributed by atoms with van der Waals surface area (Å²) in [4.78, 5) is 17.6. The molecule has 4 rings (SSSR count). The summed E-state index contributed by atoms with van der Waals surface area (Å²) in [6.45, 7) is 6.66. The van der Waals surface area contributed by atoms with Crippen LogP contribution in [0.5, 0.6) is 0 Å². The second-order valence-corrected chi connectivity index (χ2v) is 8.11. The number of rotatable bonds is 7. The molecular formula is C21H30N6O2. The number of amides is 1. The Morgan fingerprint density at radius 1 is 1.21 bits per heavy atom. The average molecular weight is 399 g/mol. The number of tetrazole rings is 1. The van der Waals surface area contributed by atoms with Crippen LogP contribution in [-0.4, -0.2) is 75.8 Å². The molecule has 2 saturated heterocycles. The summed E-state index contributed by atoms with van der Waals surface area (Å²) in [5.41, 5.74) is 1.95. The maximum absolute atomic E-state index is 13.1. The van der Waals surface area contributed by atoms with Crippen LogP contribution in [-0.2, 0) is 28.0 Å². The summed E-state index contributed by atoms with van der Waals surface area (Å²) >= 11 is 0. The summed E-state index contributed by atoms with van der Waals surface area (Å²) in [5.74, 6) is 1.04. The van der Waals surface area contributed by atoms with E-state index in [1.807, 2.05) is 27.8 Å². The molecule has 0 radical (unpaired) electrons. The van der Waals surface area contributed by atoms with Crippen LogP contribution < -0.4 is 0 Å². The fourth-order valence-electron chi connectivity index (χ4n) is 4.68. The number of aromatic nitrogens is 4. The van der Waals surface area contributed by atoms with E-state index in [1.54, 1.807) is 7.11 Å². The van der Waals surface area contributed by atoms with Gasteiger partial charge in [0.2, 0.25) is 5.91 Å². The van der Waals surface area contributed by atoms with Crippen LogP contribution in [0.15, 0.2) is 24.3 Å². The van der Waals surface area contributed by atoms with Gasteiger partial charge in [-0.3, -0.25) is 9.69 Å². The third-order valence-electron chi connectivity index (χ3n) is 6.37. The van der Waals surface area contributed by atoms with Crippen LogP contribution >= 0.6 is 0 Å². The molecule has 0 aliphatic carbocycles. The van der Waals surface area contributed by atoms with Crippen molar-refractivity contribution in [1.29, 1.82) is 0 Å². The lowest BCUT2D eigenvalue weighted by Gasteiger charge is -2.37. The number of likely N-dealkylation sites (tertiary alicyclic amines) is 2. The Balaban J connectivity index is 1.57. The molecule has 0 saturated carbocycles. The number of carbonyl (C=O) groups is 1. The minimum atomic E-state index is -0.310. The van der Waals surface area contributed by atoms with Crippen LogP contribution in [0.1, 0.15) is 36.2 Å². The standard InChI is InChI=1S/C21H30N6O2/c1-17-7-3-4-8-18(17)15-19(28)25-12-9-21(16-25,26-10-5-6-11-26)20-22-23-24-27(20)13-14-29-2/h3-4,7-8H,5-6,9-16H2,1-2H3. The molecule has 2 aliphatic rings. The summed E-state index contributed by atoms with van der Waals surface area (Å²) in [6, 6.07) is 8.11. The van der Waals surface area contributed by atoms with Gasteiger partial charge in [-0.25, -0.2) is 4.68 Å². The highest BCUT2D eigenvalue weighted by molar-refractivity contribution is 5.79. The van der Waals surface area contributed by atoms with Crippen LogP contribution in [0.25, 0.3) is 0 Å². The van der Waals surface area contributed by atoms with Gasteiger partial charge in [0.25, 0.3) is 0 Å². The topological polar surface area (TPSA) is 76.4 Å². The van der Waals surface area contributed by atoms with E-state index in [1.165, 1.54) is 12.8 Å². The first kappa shape index (κ1) is 20.0. The van der Waals surface area contributed by atoms with Crippen molar-refractivity contribution in [3.05, 3.63) is 41.2 Å². The molecule has 8 nitrogen and oxygen atoms in total. The predicted molar refractivity (Wildman–Crippen MR) is 108 cm³/mol. The molecule has 156 valence electrons. The van der Waals surface area contributed by atoms with Crippen molar-refractivity contribution in [1.82, 2.24) is 30.0 Å². The highest BCUT2D eigenvalue weighted by Gasteiger charge is 2.50. The second kappa shape index (κ2) is 8.59. The largest absolute Gasteiger partial charge is 0.383 e. The minimum absolute atomic E-state index is 0.177. The molecule has 2 fully saturated rings. The molecule has 1 aromatic heterocycles. The zero-order valence-electron chi connectivity index (χ0n) is 17.4. The van der Waals surface area contributed by atoms with Gasteiger partial charge in [-0.1, -0.05) is 24.3 Å². The quantitative estimate of drug-likeness (QED) is 0.702. The van der Waals surface area contributed by atoms with E-state index in [2.05, 4.69) is 33.4 Å². The fourth-order valence-corrected chi connectivity index (χ4v) is 4.68. The van der Waals surface area contributed by atoms with E-state index in [0.29, 0.717) is 26.1 Å². The van der Waals surface area contributed by atoms with E-state index in [4.69, 9.17) is 4.74 Å². The molecule has 1 amide bonds. The number of methoxy groups -OCH3 is 1. The molecular weight excluding hydrogens is 368 g/mol. The van der Waals surface area contributed by atoms with Gasteiger partial charge in [-0.05, 0) is 60.8 Å². The third-order valence-corrected chi connectivity index (χ3v) is 6.37. The molecule has 0 bridgehead atoms. The van der Waals surface area contributed by atoms with Gasteiger partial charge in [-0.15, -0.1) is 5.10 Å². The Labute approximate surface area is 171 Å². The van der Waals surface area contributed by atoms with Gasteiger partial charge in [-0.2, -0.15) is 0 Å². The summed E-state index contributed by atoms with van der Waals surface area (Å²) in [6.07, 6.45) is 3.66. The number of nitrogens with zero attached hydrogens (tertiary/aromatic N) is 6. The molecule has 29 heavy (non-hydrogen) atoms. The number of ether oxygens (including phenoxy) is 1. The van der Waals surface area contributed by atoms with E-state index < -0.39 is 0 Å². The predicted octanol–water partition coefficient (Wildman–Crippen LogP) is 1.39. The average Bonchev–Trinajstić information content (AvgIpc) is 3.47. The Morgan fingerprint density at radius 2 is 2.00 bits per heavy atom. The molecule has 3 heterocycles. The fraction of sp³-hybridized carbons (Fsp3) is 0.619. The van der Waals surface area contributed by atoms with Crippen molar-refractivity contribution in [2.24, 2.45) is 0 Å². The van der Waals surface area contributed by atoms with Crippen molar-refractivity contribution < 1.29 is 9.53 Å². The maximum atomic E-state index is 13.1. The van der Waals surface area contributed by atoms with Crippen molar-refractivity contribution in [3.8, 4) is 0 Å². The lowest BCUT2D eigenvalue weighted by molar-refractivity contribution is -0.130. The number of hydrogen-bond acceptors (Lipinski definition) is 6. The lowest BCUT2D eigenvalue weighted by Crippen LogP contribution is -2.49. The third kappa shape index (κ3) is 3.91. The molecule has 8 heteroatoms. The van der Waals surface area contributed by atoms with Gasteiger partial charge in [0.1, 0.15) is 5.54 Å². The molecule has 1 unspecified atom stereocenters. The van der Waals surface area contributed by atoms with Crippen molar-refractivity contribution in [3.63, 3.8) is 0 Å². The SMILES string of the molecule is COCCn1nnnc1C1(N2CCCC2)CCN(C(=O)Cc2ccccc2C)C1. The maximum Gasteiger partial charge on any atom is 0.227 e. The summed E-state index contributed by atoms with van der Waals surface area (Å²) in [5, 5.41) is 12.6. The molecule has 0 spiro atoms. The van der Waals surface area contributed by atoms with Gasteiger partial charge < -0.3 is 9.64 Å². The van der Waals surface area contributed by atoms with Gasteiger partial charge in [0, 0.05) is 20.2 Å². The summed E-state index contributed by atoms with van der Waals surface area (Å²) in [7, 11) is 1.68. The van der Waals surface area contributed by atoms with Crippen molar-refractivity contribution in [2.45, 2.75) is 44.7 Å². The first-order chi connectivity index (χ1) is 14.1. The van der Waals surface area contributed by atoms with Crippen LogP contribution in [0.2, 0.25) is 0 Å². The number of carbonyl (C=O) groups excluding carboxylic acids is 1. The zero-order chi connectivity index (χ0) is 20.3. The zero-order valence-corrected chi connectivity index (χ0v) is 17.4. The van der Waals surface area contributed by atoms with Crippen LogP contribution in [0.4, 0.5) is 0 Å². The van der Waals surface area contributed by atoms with Gasteiger partial charge in [0.05, 0.1) is 19.6 Å². The van der Waals surface area contributed by atoms with E-state index in [0.717, 1.165) is 43.0 Å². The van der Waals surface area contributed by atoms with E-state index in [-0.39, 0.29) is 11.4 Å². The number of aryl methyl sites for hydroxylation is 1. The Kier molecular flexibility index (Phi) is 5.91. The number of hydrogen-bond donors (Lipinski definition) is 0. The highest BCUT2D eigenvalue weighted by Crippen LogP contribution is 2.39. The smallest absolute Gasteiger partial charge is 0.227 e. The first-order valence-electron chi connectivity index (χ1n) is 10.5. The molecule has 0 N–H and O–H groups in total. The molecule has 1 atom stereocenters. The van der Waals surface area contributed by atoms with E-state index in [9.17, 15) is 4.79 Å². The van der Waals surface area contributed by atoms with Crippen LogP contribution in [0, 0.1) is 6.92 Å². The first-order valence-corrected chi connectivity index (χ1v) is 10.5. The monoisotopic (exact) mass is 398 g/mol. The Hall–Kier alpha value is -2.32. The van der Waals surface area contributed by atoms with Crippen molar-refractivity contribution in [2.75, 3.05) is 39.9 Å². The minimum Gasteiger partial charge on any atom is -0.383 e. The van der Waals surface area contributed by atoms with Gasteiger partial charge >= 0.3 is 0 Å². The second-order valence-electron chi connectivity index (χ2n) is 8.11. The molecule has 2 aliphatic heterocycles. The number of benzene rings is 1. The van der Waals surface area contributed by atoms with E-state index >= 15 is 0 Å². The summed E-state index contributed by atoms with van der Waals surface area (Å²) < 4.78 is 7.09. The Morgan fingerprint density at radius 3 is 2.76 bits per heavy atom. The molecule has 2 aromatic rings.